The Kier molecular flexibility index (Phi) is 6.23. The summed E-state index contributed by atoms with van der Waals surface area (Å²) in [6.07, 6.45) is 3.08. The van der Waals surface area contributed by atoms with Crippen LogP contribution in [0.4, 0.5) is 0 Å². The van der Waals surface area contributed by atoms with E-state index in [1.165, 1.54) is 0 Å². The van der Waals surface area contributed by atoms with Crippen molar-refractivity contribution in [3.8, 4) is 11.4 Å². The minimum atomic E-state index is -0.0203. The van der Waals surface area contributed by atoms with Crippen molar-refractivity contribution in [1.82, 2.24) is 19.9 Å². The van der Waals surface area contributed by atoms with E-state index in [9.17, 15) is 4.79 Å². The molecule has 0 bridgehead atoms. The molecular weight excluding hydrogens is 376 g/mol. The van der Waals surface area contributed by atoms with Crippen LogP contribution in [0, 0.1) is 0 Å². The third-order valence-electron chi connectivity index (χ3n) is 5.97. The van der Waals surface area contributed by atoms with Crippen LogP contribution in [0.25, 0.3) is 11.4 Å². The number of likely N-dealkylation sites (N-methyl/N-ethyl adjacent to an activating group) is 1. The van der Waals surface area contributed by atoms with E-state index >= 15 is 0 Å². The van der Waals surface area contributed by atoms with E-state index in [0.29, 0.717) is 18.3 Å². The van der Waals surface area contributed by atoms with Crippen LogP contribution in [-0.4, -0.2) is 46.0 Å². The van der Waals surface area contributed by atoms with E-state index in [1.807, 2.05) is 60.5 Å². The number of piperidine rings is 1. The standard InChI is InChI=1S/C24H28N4O2/c1-18(19-11-5-3-6-12-19)27(2)22(29)17-28-16-10-9-15-21(28)24-25-23(26-30-24)20-13-7-4-8-14-20/h3-8,11-14,18,21H,9-10,15-17H2,1-2H3/t18-,21+/m0/s1. The number of hydrogen-bond acceptors (Lipinski definition) is 5. The number of nitrogens with zero attached hydrogens (tertiary/aromatic N) is 4. The summed E-state index contributed by atoms with van der Waals surface area (Å²) in [5, 5.41) is 4.17. The van der Waals surface area contributed by atoms with Gasteiger partial charge in [-0.15, -0.1) is 0 Å². The molecule has 0 saturated carbocycles. The molecule has 1 aliphatic heterocycles. The molecule has 156 valence electrons. The van der Waals surface area contributed by atoms with Crippen molar-refractivity contribution in [3.05, 3.63) is 72.1 Å². The molecule has 0 aliphatic carbocycles. The topological polar surface area (TPSA) is 62.5 Å². The summed E-state index contributed by atoms with van der Waals surface area (Å²) in [6.45, 7) is 3.26. The average Bonchev–Trinajstić information content (AvgIpc) is 3.30. The largest absolute Gasteiger partial charge is 0.338 e. The number of aromatic nitrogens is 2. The number of benzene rings is 2. The van der Waals surface area contributed by atoms with E-state index in [-0.39, 0.29) is 18.0 Å². The second-order valence-corrected chi connectivity index (χ2v) is 7.90. The lowest BCUT2D eigenvalue weighted by molar-refractivity contribution is -0.134. The van der Waals surface area contributed by atoms with Gasteiger partial charge in [-0.25, -0.2) is 0 Å². The highest BCUT2D eigenvalue weighted by atomic mass is 16.5. The van der Waals surface area contributed by atoms with E-state index in [2.05, 4.69) is 34.1 Å². The van der Waals surface area contributed by atoms with Gasteiger partial charge in [0.2, 0.25) is 17.6 Å². The van der Waals surface area contributed by atoms with Gasteiger partial charge >= 0.3 is 0 Å². The molecule has 0 unspecified atom stereocenters. The van der Waals surface area contributed by atoms with Crippen molar-refractivity contribution in [2.75, 3.05) is 20.1 Å². The molecular formula is C24H28N4O2. The van der Waals surface area contributed by atoms with E-state index in [4.69, 9.17) is 4.52 Å². The van der Waals surface area contributed by atoms with E-state index < -0.39 is 0 Å². The van der Waals surface area contributed by atoms with Crippen molar-refractivity contribution >= 4 is 5.91 Å². The first kappa shape index (κ1) is 20.3. The van der Waals surface area contributed by atoms with Gasteiger partial charge in [0.05, 0.1) is 18.6 Å². The smallest absolute Gasteiger partial charge is 0.244 e. The highest BCUT2D eigenvalue weighted by Crippen LogP contribution is 2.31. The normalized spacial score (nSPS) is 18.1. The number of carbonyl (C=O) groups excluding carboxylic acids is 1. The van der Waals surface area contributed by atoms with Crippen LogP contribution >= 0.6 is 0 Å². The highest BCUT2D eigenvalue weighted by Gasteiger charge is 2.31. The quantitative estimate of drug-likeness (QED) is 0.606. The fraction of sp³-hybridized carbons (Fsp3) is 0.375. The molecule has 6 nitrogen and oxygen atoms in total. The molecule has 6 heteroatoms. The molecule has 1 fully saturated rings. The molecule has 2 aromatic carbocycles. The lowest BCUT2D eigenvalue weighted by Gasteiger charge is -2.35. The first-order valence-electron chi connectivity index (χ1n) is 10.6. The van der Waals surface area contributed by atoms with Gasteiger partial charge < -0.3 is 9.42 Å². The molecule has 0 radical (unpaired) electrons. The molecule has 2 heterocycles. The van der Waals surface area contributed by atoms with Crippen molar-refractivity contribution in [2.24, 2.45) is 0 Å². The molecule has 1 aliphatic rings. The third-order valence-corrected chi connectivity index (χ3v) is 5.97. The SMILES string of the molecule is C[C@@H](c1ccccc1)N(C)C(=O)CN1CCCC[C@@H]1c1nc(-c2ccccc2)no1. The molecule has 2 atom stereocenters. The number of carbonyl (C=O) groups is 1. The van der Waals surface area contributed by atoms with Gasteiger partial charge in [-0.2, -0.15) is 4.98 Å². The average molecular weight is 405 g/mol. The molecule has 4 rings (SSSR count). The summed E-state index contributed by atoms with van der Waals surface area (Å²) in [5.41, 5.74) is 2.07. The lowest BCUT2D eigenvalue weighted by atomic mass is 10.0. The number of likely N-dealkylation sites (tertiary alicyclic amines) is 1. The van der Waals surface area contributed by atoms with E-state index in [0.717, 1.165) is 36.9 Å². The summed E-state index contributed by atoms with van der Waals surface area (Å²) in [4.78, 5) is 21.7. The maximum Gasteiger partial charge on any atom is 0.244 e. The Balaban J connectivity index is 1.46. The second kappa shape index (κ2) is 9.22. The molecule has 1 aromatic heterocycles. The van der Waals surface area contributed by atoms with Crippen molar-refractivity contribution in [2.45, 2.75) is 38.3 Å². The first-order chi connectivity index (χ1) is 14.6. The molecule has 1 saturated heterocycles. The van der Waals surface area contributed by atoms with Gasteiger partial charge in [-0.05, 0) is 31.9 Å². The summed E-state index contributed by atoms with van der Waals surface area (Å²) >= 11 is 0. The Labute approximate surface area is 177 Å². The molecule has 30 heavy (non-hydrogen) atoms. The predicted molar refractivity (Wildman–Crippen MR) is 116 cm³/mol. The van der Waals surface area contributed by atoms with Crippen molar-refractivity contribution in [3.63, 3.8) is 0 Å². The molecule has 3 aromatic rings. The fourth-order valence-corrected chi connectivity index (χ4v) is 3.99. The van der Waals surface area contributed by atoms with Crippen molar-refractivity contribution in [1.29, 1.82) is 0 Å². The summed E-state index contributed by atoms with van der Waals surface area (Å²) < 4.78 is 5.62. The zero-order chi connectivity index (χ0) is 20.9. The number of amides is 1. The van der Waals surface area contributed by atoms with Gasteiger partial charge in [-0.3, -0.25) is 9.69 Å². The number of hydrogen-bond donors (Lipinski definition) is 0. The summed E-state index contributed by atoms with van der Waals surface area (Å²) in [5.74, 6) is 1.29. The van der Waals surface area contributed by atoms with Crippen LogP contribution in [0.2, 0.25) is 0 Å². The Morgan fingerprint density at radius 3 is 2.57 bits per heavy atom. The Morgan fingerprint density at radius 1 is 1.13 bits per heavy atom. The van der Waals surface area contributed by atoms with Crippen LogP contribution in [0.1, 0.15) is 49.7 Å². The molecule has 1 amide bonds. The Morgan fingerprint density at radius 2 is 1.83 bits per heavy atom. The van der Waals surface area contributed by atoms with Gasteiger partial charge in [0, 0.05) is 12.6 Å². The summed E-state index contributed by atoms with van der Waals surface area (Å²) in [6, 6.07) is 19.9. The number of rotatable bonds is 6. The molecule has 0 N–H and O–H groups in total. The van der Waals surface area contributed by atoms with E-state index in [1.54, 1.807) is 0 Å². The van der Waals surface area contributed by atoms with Gasteiger partial charge in [-0.1, -0.05) is 72.2 Å². The van der Waals surface area contributed by atoms with Crippen LogP contribution in [0.3, 0.4) is 0 Å². The fourth-order valence-electron chi connectivity index (χ4n) is 3.99. The van der Waals surface area contributed by atoms with Crippen molar-refractivity contribution < 1.29 is 9.32 Å². The minimum absolute atomic E-state index is 0.0203. The van der Waals surface area contributed by atoms with Crippen LogP contribution in [0.15, 0.2) is 65.2 Å². The second-order valence-electron chi connectivity index (χ2n) is 7.90. The monoisotopic (exact) mass is 404 g/mol. The maximum absolute atomic E-state index is 13.0. The van der Waals surface area contributed by atoms with Crippen LogP contribution in [0.5, 0.6) is 0 Å². The maximum atomic E-state index is 13.0. The van der Waals surface area contributed by atoms with Gasteiger partial charge in [0.15, 0.2) is 0 Å². The lowest BCUT2D eigenvalue weighted by Crippen LogP contribution is -2.43. The summed E-state index contributed by atoms with van der Waals surface area (Å²) in [7, 11) is 1.87. The predicted octanol–water partition coefficient (Wildman–Crippen LogP) is 4.48. The molecule has 0 spiro atoms. The van der Waals surface area contributed by atoms with Crippen LogP contribution < -0.4 is 0 Å². The first-order valence-corrected chi connectivity index (χ1v) is 10.6. The zero-order valence-corrected chi connectivity index (χ0v) is 17.6. The van der Waals surface area contributed by atoms with Gasteiger partial charge in [0.25, 0.3) is 0 Å². The van der Waals surface area contributed by atoms with Crippen LogP contribution in [-0.2, 0) is 4.79 Å². The minimum Gasteiger partial charge on any atom is -0.338 e. The zero-order valence-electron chi connectivity index (χ0n) is 17.6. The van der Waals surface area contributed by atoms with Gasteiger partial charge in [0.1, 0.15) is 0 Å². The third kappa shape index (κ3) is 4.44. The Hall–Kier alpha value is -2.99. The highest BCUT2D eigenvalue weighted by molar-refractivity contribution is 5.78. The Bertz CT molecular complexity index is 958.